The first-order chi connectivity index (χ1) is 27.1. The van der Waals surface area contributed by atoms with Gasteiger partial charge in [0.2, 0.25) is 0 Å². The summed E-state index contributed by atoms with van der Waals surface area (Å²) in [6, 6.07) is 0. The average molecular weight is 878 g/mol. The molecule has 4 unspecified atom stereocenters. The van der Waals surface area contributed by atoms with Crippen LogP contribution >= 0.6 is 15.6 Å². The third-order valence-electron chi connectivity index (χ3n) is 8.02. The molecule has 0 amide bonds. The summed E-state index contributed by atoms with van der Waals surface area (Å²) in [7, 11) is -10.8. The molecular weight excluding hydrogens is 800 g/mol. The summed E-state index contributed by atoms with van der Waals surface area (Å²) < 4.78 is 48.4. The van der Waals surface area contributed by atoms with Gasteiger partial charge in [0.25, 0.3) is 0 Å². The number of carbonyl (C=O) groups is 2. The Hall–Kier alpha value is -3.68. The Morgan fingerprint density at radius 2 is 1.07 bits per heavy atom. The molecule has 0 aromatic rings. The maximum atomic E-state index is 12.9. The number of aliphatic hydroxyl groups is 4. The number of phosphoric ester groups is 2. The van der Waals surface area contributed by atoms with Crippen LogP contribution in [-0.4, -0.2) is 103 Å². The highest BCUT2D eigenvalue weighted by Crippen LogP contribution is 2.49. The van der Waals surface area contributed by atoms with E-state index in [9.17, 15) is 44.0 Å². The van der Waals surface area contributed by atoms with Gasteiger partial charge in [0.15, 0.2) is 6.10 Å². The quantitative estimate of drug-likeness (QED) is 0.0201. The Morgan fingerprint density at radius 3 is 1.55 bits per heavy atom. The van der Waals surface area contributed by atoms with E-state index in [4.69, 9.17) is 28.3 Å². The summed E-state index contributed by atoms with van der Waals surface area (Å²) in [5.41, 5.74) is 0. The highest BCUT2D eigenvalue weighted by molar-refractivity contribution is 7.47. The number of carbonyl (C=O) groups excluding carboxylic acids is 2. The van der Waals surface area contributed by atoms with Crippen molar-refractivity contribution < 1.29 is 92.6 Å². The molecule has 8 atom stereocenters. The first-order valence-electron chi connectivity index (χ1n) is 18.5. The molecule has 1 aliphatic carbocycles. The summed E-state index contributed by atoms with van der Waals surface area (Å²) in [5, 5.41) is 40.9. The van der Waals surface area contributed by atoms with E-state index in [0.29, 0.717) is 6.42 Å². The number of unbranched alkanes of at least 4 members (excludes halogenated alkanes) is 12. The Morgan fingerprint density at radius 1 is 0.621 bits per heavy atom. The van der Waals surface area contributed by atoms with Crippen LogP contribution in [0.25, 0.3) is 0 Å². The lowest BCUT2D eigenvalue weighted by Crippen LogP contribution is -2.64. The van der Waals surface area contributed by atoms with Gasteiger partial charge in [0, 0.05) is 28.0 Å². The summed E-state index contributed by atoms with van der Waals surface area (Å²) in [4.78, 5) is 53.5. The molecule has 0 aliphatic heterocycles. The maximum absolute atomic E-state index is 12.9. The number of esters is 2. The van der Waals surface area contributed by atoms with Gasteiger partial charge >= 0.3 is 27.6 Å². The van der Waals surface area contributed by atoms with Crippen LogP contribution in [0.3, 0.4) is 0 Å². The minimum absolute atomic E-state index is 0. The van der Waals surface area contributed by atoms with Gasteiger partial charge in [-0.3, -0.25) is 18.4 Å². The van der Waals surface area contributed by atoms with Crippen LogP contribution in [0.5, 0.6) is 0 Å². The van der Waals surface area contributed by atoms with Crippen molar-refractivity contribution in [3.05, 3.63) is 0 Å². The number of ether oxygens (including phenoxy) is 2. The zero-order valence-electron chi connectivity index (χ0n) is 32.8. The fourth-order valence-electron chi connectivity index (χ4n) is 5.20. The minimum Gasteiger partial charge on any atom is -0.456 e. The van der Waals surface area contributed by atoms with Gasteiger partial charge in [-0.15, -0.1) is 0 Å². The van der Waals surface area contributed by atoms with Gasteiger partial charge < -0.3 is 50.7 Å². The van der Waals surface area contributed by atoms with Crippen LogP contribution in [0, 0.1) is 71.0 Å². The first kappa shape index (κ1) is 54.3. The fraction of sp³-hybridized carbons (Fsp3) is 0.641. The molecule has 58 heavy (non-hydrogen) atoms. The van der Waals surface area contributed by atoms with E-state index in [0.717, 1.165) is 32.1 Å². The van der Waals surface area contributed by atoms with E-state index in [2.05, 4.69) is 82.5 Å². The SMILES string of the molecule is CC#CC#CC#CC#CC#CC#CC(=O)OC[C@H](COP(=O)(O)OC1C(O)[C@H](OP(=O)(O)O)[C@H](O)C(O)[C@@H]1O)OC(=O)CCCCCCCCCCCCCCC.N.[HH].[HH].[HH].[HH].[HH].[HH].[HH].[HH].[HH].[HH].[HH]. The molecule has 10 N–H and O–H groups in total. The summed E-state index contributed by atoms with van der Waals surface area (Å²) >= 11 is 0. The fourth-order valence-corrected chi connectivity index (χ4v) is 6.74. The first-order valence-corrected chi connectivity index (χ1v) is 21.5. The van der Waals surface area contributed by atoms with Gasteiger partial charge in [-0.25, -0.2) is 13.9 Å². The number of hydrogen-bond donors (Lipinski definition) is 8. The summed E-state index contributed by atoms with van der Waals surface area (Å²) in [6.45, 7) is 2.15. The van der Waals surface area contributed by atoms with Crippen molar-refractivity contribution in [3.63, 3.8) is 0 Å². The lowest BCUT2D eigenvalue weighted by Gasteiger charge is -2.43. The molecular formula is C39H77NO16P2. The van der Waals surface area contributed by atoms with Crippen molar-refractivity contribution in [1.29, 1.82) is 0 Å². The topological polar surface area (TPSA) is 291 Å². The highest BCUT2D eigenvalue weighted by atomic mass is 31.2. The number of aliphatic hydroxyl groups excluding tert-OH is 4. The molecule has 19 heteroatoms. The molecule has 17 nitrogen and oxygen atoms in total. The molecule has 344 valence electrons. The molecule has 0 aromatic heterocycles. The summed E-state index contributed by atoms with van der Waals surface area (Å²) in [6.07, 6.45) is -1.05. The molecule has 0 radical (unpaired) electrons. The van der Waals surface area contributed by atoms with Crippen LogP contribution in [0.4, 0.5) is 0 Å². The number of phosphoric acid groups is 2. The zero-order chi connectivity index (χ0) is 42.5. The molecule has 0 bridgehead atoms. The van der Waals surface area contributed by atoms with E-state index < -0.39 is 83.5 Å². The van der Waals surface area contributed by atoms with Crippen LogP contribution in [0.1, 0.15) is 119 Å². The normalized spacial score (nSPS) is 20.8. The van der Waals surface area contributed by atoms with Crippen LogP contribution in [-0.2, 0) is 41.8 Å². The van der Waals surface area contributed by atoms with Crippen molar-refractivity contribution in [2.24, 2.45) is 0 Å². The third-order valence-corrected chi connectivity index (χ3v) is 9.52. The van der Waals surface area contributed by atoms with Gasteiger partial charge in [-0.05, 0) is 72.5 Å². The second kappa shape index (κ2) is 31.3. The van der Waals surface area contributed by atoms with E-state index >= 15 is 0 Å². The summed E-state index contributed by atoms with van der Waals surface area (Å²) in [5.74, 6) is 26.6. The maximum Gasteiger partial charge on any atom is 0.472 e. The number of hydrogen-bond acceptors (Lipinski definition) is 14. The third kappa shape index (κ3) is 25.6. The van der Waals surface area contributed by atoms with Crippen LogP contribution in [0.2, 0.25) is 0 Å². The lowest BCUT2D eigenvalue weighted by atomic mass is 9.85. The molecule has 1 aliphatic rings. The average Bonchev–Trinajstić information content (AvgIpc) is 3.16. The van der Waals surface area contributed by atoms with Gasteiger partial charge in [0.1, 0.15) is 43.2 Å². The Bertz CT molecular complexity index is 1790. The molecule has 0 saturated heterocycles. The molecule has 0 heterocycles. The minimum atomic E-state index is -5.39. The number of rotatable bonds is 24. The second-order valence-corrected chi connectivity index (χ2v) is 15.3. The van der Waals surface area contributed by atoms with Crippen LogP contribution < -0.4 is 6.15 Å². The standard InChI is InChI=1S/C39H52O16P2.H3N.11H2/c1-3-5-7-9-11-13-15-16-18-20-22-24-26-28-33(41)53-31(29-51-32(40)27-25-23-21-19-17-14-12-10-8-6-4-2)30-52-57(49,50)55-39-36(44)34(42)35(43)38(37(39)45)54-56(46,47)48;;;;;;;;;;;;/h31,34-39,42-45H,3,5,7,9,11,13,15-16,18,20,22,24,26,28-30H2,1-2H3,(H,49,50)(H2,46,47,48);1H3;11*1H/t31-,34?,35-,36+,37?,38-,39?;;;;;;;;;;;;/m1............/s1. The van der Waals surface area contributed by atoms with Crippen LogP contribution in [0.15, 0.2) is 0 Å². The Labute approximate surface area is 357 Å². The molecule has 0 aromatic carbocycles. The second-order valence-electron chi connectivity index (χ2n) is 12.7. The predicted octanol–water partition coefficient (Wildman–Crippen LogP) is 5.27. The van der Waals surface area contributed by atoms with E-state index in [1.807, 2.05) is 0 Å². The largest absolute Gasteiger partial charge is 0.472 e. The van der Waals surface area contributed by atoms with Crippen molar-refractivity contribution in [3.8, 4) is 71.0 Å². The van der Waals surface area contributed by atoms with E-state index in [1.54, 1.807) is 6.92 Å². The molecule has 1 saturated carbocycles. The van der Waals surface area contributed by atoms with Crippen molar-refractivity contribution in [2.45, 2.75) is 146 Å². The molecule has 1 fully saturated rings. The van der Waals surface area contributed by atoms with E-state index in [1.165, 1.54) is 44.9 Å². The molecule has 0 spiro atoms. The van der Waals surface area contributed by atoms with Gasteiger partial charge in [-0.1, -0.05) is 89.9 Å². The highest BCUT2D eigenvalue weighted by Gasteiger charge is 2.54. The van der Waals surface area contributed by atoms with E-state index in [-0.39, 0.29) is 28.3 Å². The van der Waals surface area contributed by atoms with Gasteiger partial charge in [0.05, 0.1) is 6.61 Å². The monoisotopic (exact) mass is 877 g/mol. The van der Waals surface area contributed by atoms with Crippen molar-refractivity contribution in [1.82, 2.24) is 6.15 Å². The Kier molecular flexibility index (Phi) is 29.3. The Balaban J connectivity index is -0.000000271. The predicted molar refractivity (Wildman–Crippen MR) is 233 cm³/mol. The lowest BCUT2D eigenvalue weighted by molar-refractivity contribution is -0.216. The molecule has 1 rings (SSSR count). The van der Waals surface area contributed by atoms with Crippen molar-refractivity contribution >= 4 is 27.6 Å². The zero-order valence-corrected chi connectivity index (χ0v) is 34.6. The smallest absolute Gasteiger partial charge is 0.456 e. The van der Waals surface area contributed by atoms with Gasteiger partial charge in [-0.2, -0.15) is 0 Å². The van der Waals surface area contributed by atoms with Crippen molar-refractivity contribution in [2.75, 3.05) is 13.2 Å².